The summed E-state index contributed by atoms with van der Waals surface area (Å²) in [5, 5.41) is 0. The van der Waals surface area contributed by atoms with Crippen molar-refractivity contribution in [2.75, 3.05) is 0 Å². The van der Waals surface area contributed by atoms with Crippen molar-refractivity contribution in [3.63, 3.8) is 0 Å². The van der Waals surface area contributed by atoms with Crippen molar-refractivity contribution in [3.05, 3.63) is 54.7 Å². The summed E-state index contributed by atoms with van der Waals surface area (Å²) in [4.78, 5) is 12.7. The molecule has 0 unspecified atom stereocenters. The van der Waals surface area contributed by atoms with Crippen LogP contribution in [0.4, 0.5) is 0 Å². The van der Waals surface area contributed by atoms with E-state index in [0.29, 0.717) is 9.21 Å². The molecule has 2 aromatic rings. The van der Waals surface area contributed by atoms with Crippen LogP contribution < -0.4 is 0 Å². The van der Waals surface area contributed by atoms with Gasteiger partial charge in [-0.15, -0.1) is 11.3 Å². The third-order valence-electron chi connectivity index (χ3n) is 1.92. The maximum Gasteiger partial charge on any atom is 0.204 e. The van der Waals surface area contributed by atoms with E-state index in [-0.39, 0.29) is 5.78 Å². The Labute approximate surface area is 110 Å². The van der Waals surface area contributed by atoms with E-state index in [1.807, 2.05) is 24.3 Å². The fourth-order valence-electron chi connectivity index (χ4n) is 1.21. The molecule has 0 spiro atoms. The molecule has 76 valence electrons. The Balaban J connectivity index is 2.41. The second-order valence-corrected chi connectivity index (χ2v) is 5.79. The molecule has 1 aromatic carbocycles. The maximum absolute atomic E-state index is 12.0. The lowest BCUT2D eigenvalue weighted by Crippen LogP contribution is -2.00. The lowest BCUT2D eigenvalue weighted by molar-refractivity contribution is 0.104. The van der Waals surface area contributed by atoms with Gasteiger partial charge in [-0.1, -0.05) is 23.7 Å². The van der Waals surface area contributed by atoms with Gasteiger partial charge in [0.25, 0.3) is 0 Å². The van der Waals surface area contributed by atoms with Gasteiger partial charge < -0.3 is 0 Å². The summed E-state index contributed by atoms with van der Waals surface area (Å²) in [6, 6.07) is 11.0. The van der Waals surface area contributed by atoms with Crippen molar-refractivity contribution in [2.24, 2.45) is 0 Å². The predicted octanol–water partition coefficient (Wildman–Crippen LogP) is 4.24. The van der Waals surface area contributed by atoms with Crippen molar-refractivity contribution in [1.82, 2.24) is 0 Å². The van der Waals surface area contributed by atoms with E-state index in [1.54, 1.807) is 12.1 Å². The minimum absolute atomic E-state index is 0.0388. The van der Waals surface area contributed by atoms with E-state index in [2.05, 4.69) is 22.6 Å². The molecule has 0 N–H and O–H groups in total. The summed E-state index contributed by atoms with van der Waals surface area (Å²) in [5.41, 5.74) is 0.733. The normalized spacial score (nSPS) is 10.3. The fourth-order valence-corrected chi connectivity index (χ4v) is 2.84. The number of ketones is 1. The molecule has 1 nitrogen and oxygen atoms in total. The average molecular weight is 349 g/mol. The van der Waals surface area contributed by atoms with Gasteiger partial charge in [0.15, 0.2) is 0 Å². The first kappa shape index (κ1) is 11.1. The second kappa shape index (κ2) is 4.63. The zero-order valence-corrected chi connectivity index (χ0v) is 11.3. The molecule has 0 fully saturated rings. The SMILES string of the molecule is O=C(c1ccc(Cl)s1)c1ccccc1I. The van der Waals surface area contributed by atoms with Crippen LogP contribution in [0.15, 0.2) is 36.4 Å². The summed E-state index contributed by atoms with van der Waals surface area (Å²) < 4.78 is 1.61. The van der Waals surface area contributed by atoms with Gasteiger partial charge in [0.05, 0.1) is 9.21 Å². The molecule has 4 heteroatoms. The highest BCUT2D eigenvalue weighted by Gasteiger charge is 2.13. The van der Waals surface area contributed by atoms with Gasteiger partial charge in [-0.3, -0.25) is 4.79 Å². The molecule has 0 aliphatic carbocycles. The Morgan fingerprint density at radius 2 is 1.93 bits per heavy atom. The molecule has 0 atom stereocenters. The Bertz CT molecular complexity index is 507. The standard InChI is InChI=1S/C11H6ClIOS/c12-10-6-5-9(15-10)11(14)7-3-1-2-4-8(7)13/h1-6H. The number of hydrogen-bond donors (Lipinski definition) is 0. The molecule has 1 aromatic heterocycles. The number of carbonyl (C=O) groups excluding carboxylic acids is 1. The van der Waals surface area contributed by atoms with E-state index >= 15 is 0 Å². The number of halogens is 2. The van der Waals surface area contributed by atoms with Gasteiger partial charge in [-0.25, -0.2) is 0 Å². The Hall–Kier alpha value is -0.390. The topological polar surface area (TPSA) is 17.1 Å². The van der Waals surface area contributed by atoms with Crippen LogP contribution in [0.3, 0.4) is 0 Å². The molecular weight excluding hydrogens is 343 g/mol. The second-order valence-electron chi connectivity index (χ2n) is 2.91. The number of hydrogen-bond acceptors (Lipinski definition) is 2. The van der Waals surface area contributed by atoms with Crippen LogP contribution in [0.1, 0.15) is 15.2 Å². The molecule has 0 radical (unpaired) electrons. The van der Waals surface area contributed by atoms with Gasteiger partial charge in [0, 0.05) is 9.13 Å². The highest BCUT2D eigenvalue weighted by molar-refractivity contribution is 14.1. The molecule has 0 aliphatic heterocycles. The first-order valence-electron chi connectivity index (χ1n) is 4.23. The smallest absolute Gasteiger partial charge is 0.204 e. The lowest BCUT2D eigenvalue weighted by Gasteiger charge is -2.00. The van der Waals surface area contributed by atoms with Crippen LogP contribution in [-0.4, -0.2) is 5.78 Å². The Kier molecular flexibility index (Phi) is 3.43. The number of thiophene rings is 1. The monoisotopic (exact) mass is 348 g/mol. The van der Waals surface area contributed by atoms with Crippen molar-refractivity contribution >= 4 is 51.3 Å². The van der Waals surface area contributed by atoms with Crippen molar-refractivity contribution in [1.29, 1.82) is 0 Å². The maximum atomic E-state index is 12.0. The zero-order chi connectivity index (χ0) is 10.8. The van der Waals surface area contributed by atoms with Crippen LogP contribution in [-0.2, 0) is 0 Å². The third-order valence-corrected chi connectivity index (χ3v) is 4.09. The number of carbonyl (C=O) groups is 1. The molecule has 0 saturated heterocycles. The van der Waals surface area contributed by atoms with Crippen molar-refractivity contribution < 1.29 is 4.79 Å². The van der Waals surface area contributed by atoms with Crippen LogP contribution >= 0.6 is 45.5 Å². The van der Waals surface area contributed by atoms with Gasteiger partial charge in [-0.05, 0) is 46.9 Å². The van der Waals surface area contributed by atoms with Gasteiger partial charge >= 0.3 is 0 Å². The molecule has 15 heavy (non-hydrogen) atoms. The number of benzene rings is 1. The highest BCUT2D eigenvalue weighted by Crippen LogP contribution is 2.25. The van der Waals surface area contributed by atoms with E-state index < -0.39 is 0 Å². The molecule has 0 amide bonds. The van der Waals surface area contributed by atoms with Crippen LogP contribution in [0.2, 0.25) is 4.34 Å². The summed E-state index contributed by atoms with van der Waals surface area (Å²) in [6.45, 7) is 0. The average Bonchev–Trinajstić information content (AvgIpc) is 2.65. The molecular formula is C11H6ClIOS. The minimum Gasteiger partial charge on any atom is -0.288 e. The fraction of sp³-hybridized carbons (Fsp3) is 0. The largest absolute Gasteiger partial charge is 0.288 e. The van der Waals surface area contributed by atoms with E-state index in [0.717, 1.165) is 9.13 Å². The minimum atomic E-state index is 0.0388. The quantitative estimate of drug-likeness (QED) is 0.586. The third kappa shape index (κ3) is 2.41. The predicted molar refractivity (Wildman–Crippen MR) is 71.9 cm³/mol. The van der Waals surface area contributed by atoms with Crippen LogP contribution in [0.5, 0.6) is 0 Å². The van der Waals surface area contributed by atoms with Crippen molar-refractivity contribution in [2.45, 2.75) is 0 Å². The Morgan fingerprint density at radius 3 is 2.53 bits per heavy atom. The molecule has 1 heterocycles. The molecule has 0 saturated carbocycles. The zero-order valence-electron chi connectivity index (χ0n) is 7.54. The van der Waals surface area contributed by atoms with E-state index in [4.69, 9.17) is 11.6 Å². The van der Waals surface area contributed by atoms with E-state index in [1.165, 1.54) is 11.3 Å². The summed E-state index contributed by atoms with van der Waals surface area (Å²) in [6.07, 6.45) is 0. The molecule has 0 bridgehead atoms. The van der Waals surface area contributed by atoms with E-state index in [9.17, 15) is 4.79 Å². The summed E-state index contributed by atoms with van der Waals surface area (Å²) in [7, 11) is 0. The first-order chi connectivity index (χ1) is 7.18. The first-order valence-corrected chi connectivity index (χ1v) is 6.50. The lowest BCUT2D eigenvalue weighted by atomic mass is 10.1. The van der Waals surface area contributed by atoms with Crippen LogP contribution in [0, 0.1) is 3.57 Å². The molecule has 0 aliphatic rings. The summed E-state index contributed by atoms with van der Waals surface area (Å²) in [5.74, 6) is 0.0388. The van der Waals surface area contributed by atoms with Crippen molar-refractivity contribution in [3.8, 4) is 0 Å². The van der Waals surface area contributed by atoms with Gasteiger partial charge in [0.1, 0.15) is 0 Å². The number of rotatable bonds is 2. The van der Waals surface area contributed by atoms with Gasteiger partial charge in [0.2, 0.25) is 5.78 Å². The summed E-state index contributed by atoms with van der Waals surface area (Å²) >= 11 is 9.27. The van der Waals surface area contributed by atoms with Gasteiger partial charge in [-0.2, -0.15) is 0 Å². The van der Waals surface area contributed by atoms with Crippen LogP contribution in [0.25, 0.3) is 0 Å². The highest BCUT2D eigenvalue weighted by atomic mass is 127. The molecule has 2 rings (SSSR count). The Morgan fingerprint density at radius 1 is 1.20 bits per heavy atom.